The van der Waals surface area contributed by atoms with E-state index in [9.17, 15) is 5.26 Å². The average molecular weight is 206 g/mol. The average Bonchev–Trinajstić information content (AvgIpc) is 2.92. The first-order chi connectivity index (χ1) is 7.08. The molecule has 0 aromatic heterocycles. The highest BCUT2D eigenvalue weighted by Gasteiger charge is 2.86. The van der Waals surface area contributed by atoms with E-state index in [2.05, 4.69) is 11.1 Å². The molecule has 2 N–H and O–H groups in total. The predicted molar refractivity (Wildman–Crippen MR) is 49.1 cm³/mol. The van der Waals surface area contributed by atoms with Crippen molar-refractivity contribution in [3.05, 3.63) is 0 Å². The summed E-state index contributed by atoms with van der Waals surface area (Å²) in [6.07, 6.45) is 0.310. The SMILES string of the molecule is COC1(OC)N=C(N)C2(C#N)CC12C#N. The molecular formula is C9H10N4O2. The van der Waals surface area contributed by atoms with Crippen molar-refractivity contribution in [2.75, 3.05) is 14.2 Å². The first-order valence-corrected chi connectivity index (χ1v) is 4.36. The van der Waals surface area contributed by atoms with Gasteiger partial charge >= 0.3 is 0 Å². The zero-order chi connectivity index (χ0) is 11.3. The number of hydrogen-bond donors (Lipinski definition) is 1. The lowest BCUT2D eigenvalue weighted by Crippen LogP contribution is -2.40. The van der Waals surface area contributed by atoms with Crippen LogP contribution in [0.5, 0.6) is 0 Å². The van der Waals surface area contributed by atoms with Gasteiger partial charge in [-0.2, -0.15) is 10.5 Å². The molecule has 1 saturated carbocycles. The van der Waals surface area contributed by atoms with Gasteiger partial charge in [-0.25, -0.2) is 4.99 Å². The van der Waals surface area contributed by atoms with E-state index in [4.69, 9.17) is 20.5 Å². The largest absolute Gasteiger partial charge is 0.386 e. The second-order valence-corrected chi connectivity index (χ2v) is 3.70. The Morgan fingerprint density at radius 3 is 2.27 bits per heavy atom. The van der Waals surface area contributed by atoms with Gasteiger partial charge in [0.05, 0.1) is 12.1 Å². The fourth-order valence-corrected chi connectivity index (χ4v) is 2.31. The van der Waals surface area contributed by atoms with Gasteiger partial charge in [-0.1, -0.05) is 0 Å². The van der Waals surface area contributed by atoms with Crippen LogP contribution in [0.4, 0.5) is 0 Å². The number of hydrogen-bond acceptors (Lipinski definition) is 6. The lowest BCUT2D eigenvalue weighted by atomic mass is 9.94. The highest BCUT2D eigenvalue weighted by molar-refractivity contribution is 5.97. The van der Waals surface area contributed by atoms with Crippen LogP contribution in [0.2, 0.25) is 0 Å². The molecule has 1 fully saturated rings. The number of amidine groups is 1. The molecule has 6 heteroatoms. The Balaban J connectivity index is 2.59. The van der Waals surface area contributed by atoms with Crippen molar-refractivity contribution < 1.29 is 9.47 Å². The second kappa shape index (κ2) is 2.48. The van der Waals surface area contributed by atoms with Gasteiger partial charge in [0.15, 0.2) is 5.41 Å². The Hall–Kier alpha value is -1.63. The minimum atomic E-state index is -1.43. The van der Waals surface area contributed by atoms with Gasteiger partial charge < -0.3 is 15.2 Å². The summed E-state index contributed by atoms with van der Waals surface area (Å²) >= 11 is 0. The molecule has 1 aliphatic heterocycles. The Kier molecular flexibility index (Phi) is 1.64. The second-order valence-electron chi connectivity index (χ2n) is 3.70. The summed E-state index contributed by atoms with van der Waals surface area (Å²) in [6, 6.07) is 4.10. The molecular weight excluding hydrogens is 196 g/mol. The number of nitrogens with two attached hydrogens (primary N) is 1. The normalized spacial score (nSPS) is 39.9. The molecule has 1 heterocycles. The minimum Gasteiger partial charge on any atom is -0.386 e. The summed E-state index contributed by atoms with van der Waals surface area (Å²) in [4.78, 5) is 3.98. The van der Waals surface area contributed by atoms with Crippen LogP contribution in [0, 0.1) is 33.5 Å². The summed E-state index contributed by atoms with van der Waals surface area (Å²) in [7, 11) is 2.76. The van der Waals surface area contributed by atoms with Crippen molar-refractivity contribution >= 4 is 5.84 Å². The number of fused-ring (bicyclic) bond motifs is 1. The lowest BCUT2D eigenvalue weighted by Gasteiger charge is -2.27. The Morgan fingerprint density at radius 1 is 1.33 bits per heavy atom. The standard InChI is InChI=1S/C9H10N4O2/c1-14-9(15-2)8(5-11)3-7(8,4-10)6(12)13-9/h3H2,1-2H3,(H2,12,13). The monoisotopic (exact) mass is 206 g/mol. The Labute approximate surface area is 86.9 Å². The molecule has 0 saturated heterocycles. The van der Waals surface area contributed by atoms with Crippen LogP contribution in [0.1, 0.15) is 6.42 Å². The molecule has 78 valence electrons. The van der Waals surface area contributed by atoms with E-state index in [0.717, 1.165) is 0 Å². The van der Waals surface area contributed by atoms with Gasteiger partial charge in [0.25, 0.3) is 5.91 Å². The number of ether oxygens (including phenoxy) is 2. The van der Waals surface area contributed by atoms with E-state index in [1.165, 1.54) is 14.2 Å². The number of aliphatic imine (C=N–C) groups is 1. The highest BCUT2D eigenvalue weighted by Crippen LogP contribution is 2.73. The quantitative estimate of drug-likeness (QED) is 0.626. The molecule has 1 aliphatic carbocycles. The Bertz CT molecular complexity index is 428. The van der Waals surface area contributed by atoms with E-state index in [1.54, 1.807) is 0 Å². The zero-order valence-corrected chi connectivity index (χ0v) is 8.44. The van der Waals surface area contributed by atoms with Crippen molar-refractivity contribution in [2.24, 2.45) is 21.6 Å². The summed E-state index contributed by atoms with van der Waals surface area (Å²) in [5, 5.41) is 18.3. The van der Waals surface area contributed by atoms with Crippen LogP contribution in [-0.4, -0.2) is 26.0 Å². The molecule has 0 amide bonds. The third kappa shape index (κ3) is 0.707. The van der Waals surface area contributed by atoms with Gasteiger partial charge in [-0.15, -0.1) is 0 Å². The summed E-state index contributed by atoms with van der Waals surface area (Å²) < 4.78 is 10.3. The summed E-state index contributed by atoms with van der Waals surface area (Å²) in [5.41, 5.74) is 3.54. The van der Waals surface area contributed by atoms with Gasteiger partial charge in [-0.05, 0) is 0 Å². The number of rotatable bonds is 2. The van der Waals surface area contributed by atoms with Gasteiger partial charge in [0.1, 0.15) is 11.3 Å². The predicted octanol–water partition coefficient (Wildman–Crippen LogP) is -0.273. The summed E-state index contributed by atoms with van der Waals surface area (Å²) in [5.74, 6) is -1.31. The van der Waals surface area contributed by atoms with Crippen molar-refractivity contribution in [1.29, 1.82) is 10.5 Å². The van der Waals surface area contributed by atoms with Crippen LogP contribution in [0.3, 0.4) is 0 Å². The third-order valence-corrected chi connectivity index (χ3v) is 3.31. The topological polar surface area (TPSA) is 104 Å². The van der Waals surface area contributed by atoms with E-state index in [1.807, 2.05) is 6.07 Å². The maximum absolute atomic E-state index is 9.19. The molecule has 2 aliphatic rings. The van der Waals surface area contributed by atoms with Crippen LogP contribution < -0.4 is 5.73 Å². The van der Waals surface area contributed by atoms with E-state index in [0.29, 0.717) is 6.42 Å². The number of nitrogens with zero attached hydrogens (tertiary/aromatic N) is 3. The first-order valence-electron chi connectivity index (χ1n) is 4.36. The maximum Gasteiger partial charge on any atom is 0.292 e. The van der Waals surface area contributed by atoms with E-state index < -0.39 is 16.7 Å². The zero-order valence-electron chi connectivity index (χ0n) is 8.44. The fraction of sp³-hybridized carbons (Fsp3) is 0.667. The van der Waals surface area contributed by atoms with E-state index >= 15 is 0 Å². The lowest BCUT2D eigenvalue weighted by molar-refractivity contribution is -0.229. The van der Waals surface area contributed by atoms with E-state index in [-0.39, 0.29) is 5.84 Å². The molecule has 15 heavy (non-hydrogen) atoms. The van der Waals surface area contributed by atoms with Gasteiger partial charge in [0, 0.05) is 20.6 Å². The molecule has 0 aromatic carbocycles. The molecule has 6 nitrogen and oxygen atoms in total. The van der Waals surface area contributed by atoms with Gasteiger partial charge in [0.2, 0.25) is 0 Å². The van der Waals surface area contributed by atoms with Crippen LogP contribution >= 0.6 is 0 Å². The molecule has 0 bridgehead atoms. The highest BCUT2D eigenvalue weighted by atomic mass is 16.7. The van der Waals surface area contributed by atoms with Crippen molar-refractivity contribution in [3.8, 4) is 12.1 Å². The summed E-state index contributed by atoms with van der Waals surface area (Å²) in [6.45, 7) is 0. The molecule has 2 unspecified atom stereocenters. The van der Waals surface area contributed by atoms with Crippen LogP contribution in [-0.2, 0) is 9.47 Å². The smallest absolute Gasteiger partial charge is 0.292 e. The van der Waals surface area contributed by atoms with Gasteiger partial charge in [-0.3, -0.25) is 0 Å². The van der Waals surface area contributed by atoms with Crippen molar-refractivity contribution in [3.63, 3.8) is 0 Å². The van der Waals surface area contributed by atoms with Crippen LogP contribution in [0.15, 0.2) is 4.99 Å². The van der Waals surface area contributed by atoms with Crippen LogP contribution in [0.25, 0.3) is 0 Å². The maximum atomic E-state index is 9.19. The minimum absolute atomic E-state index is 0.121. The molecule has 0 aromatic rings. The molecule has 2 atom stereocenters. The number of methoxy groups -OCH3 is 2. The molecule has 2 rings (SSSR count). The molecule has 0 spiro atoms. The third-order valence-electron chi connectivity index (χ3n) is 3.31. The molecule has 0 radical (unpaired) electrons. The van der Waals surface area contributed by atoms with Crippen molar-refractivity contribution in [1.82, 2.24) is 0 Å². The van der Waals surface area contributed by atoms with Crippen molar-refractivity contribution in [2.45, 2.75) is 12.3 Å². The number of nitriles is 2. The first kappa shape index (κ1) is 9.91. The fourth-order valence-electron chi connectivity index (χ4n) is 2.31. The Morgan fingerprint density at radius 2 is 1.93 bits per heavy atom.